The van der Waals surface area contributed by atoms with Crippen molar-refractivity contribution in [2.45, 2.75) is 23.9 Å². The van der Waals surface area contributed by atoms with Crippen LogP contribution in [-0.4, -0.2) is 78.9 Å². The van der Waals surface area contributed by atoms with E-state index in [4.69, 9.17) is 0 Å². The molecule has 2 saturated heterocycles. The van der Waals surface area contributed by atoms with Crippen LogP contribution in [-0.2, 0) is 21.4 Å². The molecule has 0 aromatic heterocycles. The Kier molecular flexibility index (Phi) is 6.90. The van der Waals surface area contributed by atoms with Gasteiger partial charge in [0.15, 0.2) is 0 Å². The Hall–Kier alpha value is -2.33. The molecule has 32 heavy (non-hydrogen) atoms. The summed E-state index contributed by atoms with van der Waals surface area (Å²) < 4.78 is 41.2. The first-order valence-corrected chi connectivity index (χ1v) is 12.3. The van der Waals surface area contributed by atoms with Crippen LogP contribution < -0.4 is 0 Å². The third-order valence-electron chi connectivity index (χ3n) is 6.36. The van der Waals surface area contributed by atoms with Crippen LogP contribution in [0.1, 0.15) is 12.0 Å². The van der Waals surface area contributed by atoms with Gasteiger partial charge in [0.05, 0.1) is 6.42 Å². The Balaban J connectivity index is 1.42. The first kappa shape index (κ1) is 22.8. The molecule has 0 saturated carbocycles. The Labute approximate surface area is 188 Å². The Morgan fingerprint density at radius 3 is 2.28 bits per heavy atom. The fourth-order valence-electron chi connectivity index (χ4n) is 4.82. The van der Waals surface area contributed by atoms with Gasteiger partial charge >= 0.3 is 5.97 Å². The van der Waals surface area contributed by atoms with Crippen molar-refractivity contribution in [3.63, 3.8) is 0 Å². The number of nitrogens with zero attached hydrogens (tertiary/aromatic N) is 3. The molecule has 2 fully saturated rings. The van der Waals surface area contributed by atoms with Gasteiger partial charge in [-0.15, -0.1) is 0 Å². The minimum atomic E-state index is -3.90. The van der Waals surface area contributed by atoms with Crippen molar-refractivity contribution in [2.75, 3.05) is 39.3 Å². The van der Waals surface area contributed by atoms with E-state index in [0.29, 0.717) is 19.6 Å². The number of piperazine rings is 1. The predicted octanol–water partition coefficient (Wildman–Crippen LogP) is 2.11. The van der Waals surface area contributed by atoms with Crippen molar-refractivity contribution in [1.29, 1.82) is 0 Å². The van der Waals surface area contributed by atoms with Crippen molar-refractivity contribution in [1.82, 2.24) is 14.1 Å². The summed E-state index contributed by atoms with van der Waals surface area (Å²) in [7, 11) is -3.90. The van der Waals surface area contributed by atoms with Crippen molar-refractivity contribution < 1.29 is 22.7 Å². The van der Waals surface area contributed by atoms with Crippen molar-refractivity contribution in [2.24, 2.45) is 5.92 Å². The molecule has 2 aliphatic rings. The first-order chi connectivity index (χ1) is 15.3. The Morgan fingerprint density at radius 1 is 0.969 bits per heavy atom. The lowest BCUT2D eigenvalue weighted by Gasteiger charge is -2.39. The topological polar surface area (TPSA) is 81.2 Å². The first-order valence-electron chi connectivity index (χ1n) is 10.8. The molecule has 0 amide bonds. The van der Waals surface area contributed by atoms with Crippen LogP contribution in [0.2, 0.25) is 0 Å². The van der Waals surface area contributed by atoms with Crippen LogP contribution in [0.5, 0.6) is 0 Å². The fraction of sp³-hybridized carbons (Fsp3) is 0.435. The lowest BCUT2D eigenvalue weighted by atomic mass is 9.98. The number of benzene rings is 2. The van der Waals surface area contributed by atoms with E-state index in [-0.39, 0.29) is 36.4 Å². The molecule has 0 bridgehead atoms. The number of halogens is 1. The molecule has 2 unspecified atom stereocenters. The average Bonchev–Trinajstić information content (AvgIpc) is 3.16. The van der Waals surface area contributed by atoms with E-state index in [1.807, 2.05) is 18.2 Å². The predicted molar refractivity (Wildman–Crippen MR) is 118 cm³/mol. The van der Waals surface area contributed by atoms with E-state index in [2.05, 4.69) is 21.9 Å². The van der Waals surface area contributed by atoms with Crippen LogP contribution in [0.25, 0.3) is 0 Å². The maximum atomic E-state index is 14.1. The summed E-state index contributed by atoms with van der Waals surface area (Å²) in [6, 6.07) is 15.6. The van der Waals surface area contributed by atoms with Crippen LogP contribution in [0.15, 0.2) is 59.5 Å². The molecular formula is C23H28FN3O4S. The summed E-state index contributed by atoms with van der Waals surface area (Å²) in [6.45, 7) is 3.69. The molecule has 2 aromatic rings. The van der Waals surface area contributed by atoms with E-state index >= 15 is 0 Å². The Bertz CT molecular complexity index is 1040. The van der Waals surface area contributed by atoms with Gasteiger partial charge < -0.3 is 5.11 Å². The average molecular weight is 462 g/mol. The van der Waals surface area contributed by atoms with Crippen molar-refractivity contribution in [3.8, 4) is 0 Å². The van der Waals surface area contributed by atoms with Crippen LogP contribution in [0.4, 0.5) is 4.39 Å². The van der Waals surface area contributed by atoms with Gasteiger partial charge in [0.1, 0.15) is 10.7 Å². The van der Waals surface area contributed by atoms with Crippen LogP contribution in [0.3, 0.4) is 0 Å². The van der Waals surface area contributed by atoms with Gasteiger partial charge in [-0.05, 0) is 23.6 Å². The van der Waals surface area contributed by atoms with Crippen LogP contribution in [0, 0.1) is 11.7 Å². The number of hydrogen-bond acceptors (Lipinski definition) is 5. The summed E-state index contributed by atoms with van der Waals surface area (Å²) in [5, 5.41) is 9.41. The second-order valence-electron chi connectivity index (χ2n) is 8.48. The van der Waals surface area contributed by atoms with E-state index in [9.17, 15) is 22.7 Å². The molecule has 1 N–H and O–H groups in total. The standard InChI is InChI=1S/C23H28FN3O4S/c24-20-8-4-5-9-22(20)32(30,31)27-12-10-26(11-13-27)21-17-25(16-19(21)14-23(28)29)15-18-6-2-1-3-7-18/h1-9,19,21H,10-17H2,(H,28,29). The van der Waals surface area contributed by atoms with E-state index < -0.39 is 21.8 Å². The zero-order valence-corrected chi connectivity index (χ0v) is 18.6. The second kappa shape index (κ2) is 9.66. The second-order valence-corrected chi connectivity index (χ2v) is 10.4. The number of likely N-dealkylation sites (tertiary alicyclic amines) is 1. The van der Waals surface area contributed by atoms with Gasteiger partial charge in [0.2, 0.25) is 10.0 Å². The molecular weight excluding hydrogens is 433 g/mol. The molecule has 2 heterocycles. The molecule has 4 rings (SSSR count). The number of rotatable bonds is 7. The lowest BCUT2D eigenvalue weighted by molar-refractivity contribution is -0.138. The third-order valence-corrected chi connectivity index (χ3v) is 8.30. The number of sulfonamides is 1. The van der Waals surface area contributed by atoms with Gasteiger partial charge in [-0.3, -0.25) is 14.6 Å². The Morgan fingerprint density at radius 2 is 1.62 bits per heavy atom. The smallest absolute Gasteiger partial charge is 0.303 e. The van der Waals surface area contributed by atoms with E-state index in [1.165, 1.54) is 28.1 Å². The minimum Gasteiger partial charge on any atom is -0.481 e. The minimum absolute atomic E-state index is 0.0223. The van der Waals surface area contributed by atoms with E-state index in [0.717, 1.165) is 19.2 Å². The summed E-state index contributed by atoms with van der Waals surface area (Å²) in [4.78, 5) is 15.6. The molecule has 0 aliphatic carbocycles. The SMILES string of the molecule is O=C(O)CC1CN(Cc2ccccc2)CC1N1CCN(S(=O)(=O)c2ccccc2F)CC1. The highest BCUT2D eigenvalue weighted by Gasteiger charge is 2.40. The highest BCUT2D eigenvalue weighted by molar-refractivity contribution is 7.89. The van der Waals surface area contributed by atoms with Crippen molar-refractivity contribution in [3.05, 3.63) is 66.0 Å². The van der Waals surface area contributed by atoms with Gasteiger partial charge in [0.25, 0.3) is 0 Å². The molecule has 2 aliphatic heterocycles. The summed E-state index contributed by atoms with van der Waals surface area (Å²) >= 11 is 0. The highest BCUT2D eigenvalue weighted by Crippen LogP contribution is 2.28. The number of hydrogen-bond donors (Lipinski definition) is 1. The summed E-state index contributed by atoms with van der Waals surface area (Å²) in [6.07, 6.45) is 0.0870. The van der Waals surface area contributed by atoms with E-state index in [1.54, 1.807) is 0 Å². The highest BCUT2D eigenvalue weighted by atomic mass is 32.2. The molecule has 2 aromatic carbocycles. The summed E-state index contributed by atoms with van der Waals surface area (Å²) in [5.74, 6) is -1.59. The molecule has 0 radical (unpaired) electrons. The fourth-order valence-corrected chi connectivity index (χ4v) is 6.31. The molecule has 172 valence electrons. The largest absolute Gasteiger partial charge is 0.481 e. The van der Waals surface area contributed by atoms with Crippen molar-refractivity contribution >= 4 is 16.0 Å². The monoisotopic (exact) mass is 461 g/mol. The van der Waals surface area contributed by atoms with Gasteiger partial charge in [-0.1, -0.05) is 42.5 Å². The lowest BCUT2D eigenvalue weighted by Crippen LogP contribution is -2.54. The molecule has 2 atom stereocenters. The van der Waals surface area contributed by atoms with Crippen LogP contribution >= 0.6 is 0 Å². The quantitative estimate of drug-likeness (QED) is 0.680. The zero-order chi connectivity index (χ0) is 22.7. The summed E-state index contributed by atoms with van der Waals surface area (Å²) in [5.41, 5.74) is 1.18. The normalized spacial score (nSPS) is 23.4. The molecule has 7 nitrogen and oxygen atoms in total. The maximum Gasteiger partial charge on any atom is 0.303 e. The maximum absolute atomic E-state index is 14.1. The zero-order valence-electron chi connectivity index (χ0n) is 17.8. The van der Waals surface area contributed by atoms with Gasteiger partial charge in [-0.25, -0.2) is 12.8 Å². The number of carboxylic acid groups (broad SMARTS) is 1. The number of carboxylic acids is 1. The van der Waals surface area contributed by atoms with Gasteiger partial charge in [-0.2, -0.15) is 4.31 Å². The molecule has 9 heteroatoms. The number of aliphatic carboxylic acids is 1. The number of carbonyl (C=O) groups is 1. The molecule has 0 spiro atoms. The van der Waals surface area contributed by atoms with Gasteiger partial charge in [0, 0.05) is 51.9 Å². The third kappa shape index (κ3) is 5.01.